The van der Waals surface area contributed by atoms with Crippen LogP contribution in [0.1, 0.15) is 89.6 Å². The van der Waals surface area contributed by atoms with Gasteiger partial charge in [0.15, 0.2) is 5.82 Å². The van der Waals surface area contributed by atoms with Crippen molar-refractivity contribution in [3.63, 3.8) is 0 Å². The highest BCUT2D eigenvalue weighted by molar-refractivity contribution is 5.86. The van der Waals surface area contributed by atoms with E-state index in [1.165, 1.54) is 7.11 Å². The second-order valence-electron chi connectivity index (χ2n) is 14.1. The van der Waals surface area contributed by atoms with E-state index in [1.807, 2.05) is 68.1 Å². The highest BCUT2D eigenvalue weighted by Crippen LogP contribution is 2.35. The number of rotatable bonds is 11. The van der Waals surface area contributed by atoms with Gasteiger partial charge in [-0.3, -0.25) is 14.7 Å². The molecule has 0 bridgehead atoms. The number of fused-ring (bicyclic) bond motifs is 1. The van der Waals surface area contributed by atoms with Gasteiger partial charge in [-0.1, -0.05) is 40.7 Å². The SMILES string of the molecule is COC(=O)N[C@H](C(=O)N1CCC[C@H]1c1nc(-c2ccc(OCc3ccc4[nH]c([C@@H]5CCCN5C(=O)[C@@H](C)C(C)C)nc4c3)cc2)n[nH]1)C(C)C. The van der Waals surface area contributed by atoms with Crippen LogP contribution >= 0.6 is 0 Å². The topological polar surface area (TPSA) is 158 Å². The predicted molar refractivity (Wildman–Crippen MR) is 188 cm³/mol. The standard InChI is InChI=1S/C37H48N8O5/c1-21(2)23(5)35(46)44-17-7-9-29(44)33-38-27-16-11-24(19-28(27)39-33)20-50-26-14-12-25(13-15-26)32-41-34(43-42-32)30-10-8-18-45(30)36(47)31(22(3)4)40-37(48)49-6/h11-16,19,21-23,29-31H,7-10,17-18,20H2,1-6H3,(H,38,39)(H,40,48)(H,41,42,43)/t23-,29-,30-,31-/m0/s1. The molecular weight excluding hydrogens is 636 g/mol. The molecule has 0 unspecified atom stereocenters. The first-order valence-corrected chi connectivity index (χ1v) is 17.6. The van der Waals surface area contributed by atoms with Crippen molar-refractivity contribution in [2.75, 3.05) is 20.2 Å². The van der Waals surface area contributed by atoms with E-state index in [9.17, 15) is 14.4 Å². The van der Waals surface area contributed by atoms with Gasteiger partial charge in [-0.15, -0.1) is 0 Å². The van der Waals surface area contributed by atoms with Crippen LogP contribution in [0.2, 0.25) is 0 Å². The third-order valence-corrected chi connectivity index (χ3v) is 10.1. The van der Waals surface area contributed by atoms with Crippen molar-refractivity contribution in [2.24, 2.45) is 17.8 Å². The van der Waals surface area contributed by atoms with Gasteiger partial charge in [0.25, 0.3) is 0 Å². The van der Waals surface area contributed by atoms with Crippen molar-refractivity contribution >= 4 is 28.9 Å². The molecule has 3 N–H and O–H groups in total. The third-order valence-electron chi connectivity index (χ3n) is 10.1. The fraction of sp³-hybridized carbons (Fsp3) is 0.514. The summed E-state index contributed by atoms with van der Waals surface area (Å²) in [6, 6.07) is 12.7. The van der Waals surface area contributed by atoms with Gasteiger partial charge < -0.3 is 29.6 Å². The first-order chi connectivity index (χ1) is 24.0. The summed E-state index contributed by atoms with van der Waals surface area (Å²) in [4.78, 5) is 55.4. The highest BCUT2D eigenvalue weighted by atomic mass is 16.5. The number of aromatic amines is 2. The smallest absolute Gasteiger partial charge is 0.407 e. The molecule has 266 valence electrons. The molecule has 0 aliphatic carbocycles. The summed E-state index contributed by atoms with van der Waals surface area (Å²) >= 11 is 0. The van der Waals surface area contributed by atoms with Crippen LogP contribution in [0.25, 0.3) is 22.4 Å². The van der Waals surface area contributed by atoms with Gasteiger partial charge in [0.1, 0.15) is 30.0 Å². The Hall–Kier alpha value is -4.94. The van der Waals surface area contributed by atoms with Crippen molar-refractivity contribution in [3.8, 4) is 17.1 Å². The minimum absolute atomic E-state index is 0.0205. The van der Waals surface area contributed by atoms with Crippen LogP contribution in [-0.2, 0) is 20.9 Å². The molecule has 6 rings (SSSR count). The fourth-order valence-electron chi connectivity index (χ4n) is 6.79. The Morgan fingerprint density at radius 2 is 1.56 bits per heavy atom. The van der Waals surface area contributed by atoms with Crippen molar-refractivity contribution in [1.29, 1.82) is 0 Å². The van der Waals surface area contributed by atoms with E-state index in [4.69, 9.17) is 19.4 Å². The van der Waals surface area contributed by atoms with E-state index < -0.39 is 12.1 Å². The van der Waals surface area contributed by atoms with Gasteiger partial charge in [0.2, 0.25) is 11.8 Å². The number of imidazole rings is 1. The van der Waals surface area contributed by atoms with Gasteiger partial charge in [0.05, 0.1) is 30.2 Å². The summed E-state index contributed by atoms with van der Waals surface area (Å²) in [5.41, 5.74) is 3.60. The van der Waals surface area contributed by atoms with Crippen LogP contribution in [0.5, 0.6) is 5.75 Å². The molecule has 2 fully saturated rings. The average Bonchev–Trinajstić information content (AvgIpc) is 3.94. The first-order valence-electron chi connectivity index (χ1n) is 17.6. The van der Waals surface area contributed by atoms with E-state index in [2.05, 4.69) is 34.3 Å². The monoisotopic (exact) mass is 684 g/mol. The number of nitrogens with one attached hydrogen (secondary N) is 3. The normalized spacial score (nSPS) is 19.0. The lowest BCUT2D eigenvalue weighted by molar-refractivity contribution is -0.137. The molecule has 0 saturated carbocycles. The van der Waals surface area contributed by atoms with Crippen LogP contribution in [0.3, 0.4) is 0 Å². The maximum Gasteiger partial charge on any atom is 0.407 e. The van der Waals surface area contributed by atoms with Gasteiger partial charge in [-0.2, -0.15) is 5.10 Å². The third kappa shape index (κ3) is 7.31. The Balaban J connectivity index is 1.08. The first kappa shape index (κ1) is 34.9. The van der Waals surface area contributed by atoms with E-state index in [-0.39, 0.29) is 35.7 Å². The summed E-state index contributed by atoms with van der Waals surface area (Å²) in [7, 11) is 1.28. The molecule has 50 heavy (non-hydrogen) atoms. The molecule has 2 aromatic carbocycles. The molecule has 2 aliphatic rings. The van der Waals surface area contributed by atoms with E-state index in [0.717, 1.165) is 60.2 Å². The Kier molecular flexibility index (Phi) is 10.4. The Morgan fingerprint density at radius 3 is 2.22 bits per heavy atom. The van der Waals surface area contributed by atoms with Crippen LogP contribution in [0.15, 0.2) is 42.5 Å². The van der Waals surface area contributed by atoms with Crippen LogP contribution < -0.4 is 10.1 Å². The number of H-pyrrole nitrogens is 2. The number of hydrogen-bond donors (Lipinski definition) is 3. The molecule has 13 nitrogen and oxygen atoms in total. The molecule has 0 spiro atoms. The number of aromatic nitrogens is 5. The van der Waals surface area contributed by atoms with Gasteiger partial charge in [0, 0.05) is 24.6 Å². The van der Waals surface area contributed by atoms with Gasteiger partial charge in [-0.25, -0.2) is 14.8 Å². The Morgan fingerprint density at radius 1 is 0.880 bits per heavy atom. The summed E-state index contributed by atoms with van der Waals surface area (Å²) in [6.07, 6.45) is 2.83. The molecule has 4 atom stereocenters. The van der Waals surface area contributed by atoms with Crippen molar-refractivity contribution < 1.29 is 23.9 Å². The summed E-state index contributed by atoms with van der Waals surface area (Å²) < 4.78 is 10.9. The number of ether oxygens (including phenoxy) is 2. The number of carbonyl (C=O) groups is 3. The molecule has 4 heterocycles. The predicted octanol–water partition coefficient (Wildman–Crippen LogP) is 5.93. The minimum Gasteiger partial charge on any atom is -0.489 e. The number of nitrogens with zero attached hydrogens (tertiary/aromatic N) is 5. The van der Waals surface area contributed by atoms with Crippen LogP contribution in [0.4, 0.5) is 4.79 Å². The zero-order valence-electron chi connectivity index (χ0n) is 29.7. The Labute approximate surface area is 292 Å². The number of likely N-dealkylation sites (tertiary alicyclic amines) is 2. The number of alkyl carbamates (subject to hydrolysis) is 1. The highest BCUT2D eigenvalue weighted by Gasteiger charge is 2.38. The number of hydrogen-bond acceptors (Lipinski definition) is 8. The lowest BCUT2D eigenvalue weighted by Gasteiger charge is -2.29. The molecule has 2 aromatic heterocycles. The number of methoxy groups -OCH3 is 1. The molecule has 2 saturated heterocycles. The van der Waals surface area contributed by atoms with Crippen LogP contribution in [0, 0.1) is 17.8 Å². The zero-order chi connectivity index (χ0) is 35.5. The molecule has 4 aromatic rings. The summed E-state index contributed by atoms with van der Waals surface area (Å²) in [6.45, 7) is 11.7. The van der Waals surface area contributed by atoms with E-state index >= 15 is 0 Å². The molecule has 13 heteroatoms. The van der Waals surface area contributed by atoms with Crippen LogP contribution in [-0.4, -0.2) is 79.1 Å². The lowest BCUT2D eigenvalue weighted by atomic mass is 9.96. The van der Waals surface area contributed by atoms with Crippen molar-refractivity contribution in [1.82, 2.24) is 40.3 Å². The van der Waals surface area contributed by atoms with E-state index in [1.54, 1.807) is 4.90 Å². The summed E-state index contributed by atoms with van der Waals surface area (Å²) in [5, 5.41) is 10.2. The van der Waals surface area contributed by atoms with E-state index in [0.29, 0.717) is 36.5 Å². The fourth-order valence-corrected chi connectivity index (χ4v) is 6.79. The second-order valence-corrected chi connectivity index (χ2v) is 14.1. The second kappa shape index (κ2) is 14.9. The number of amides is 3. The minimum atomic E-state index is -0.699. The molecular formula is C37H48N8O5. The van der Waals surface area contributed by atoms with Crippen molar-refractivity contribution in [2.45, 2.75) is 85.0 Å². The van der Waals surface area contributed by atoms with Gasteiger partial charge in [-0.05, 0) is 79.5 Å². The summed E-state index contributed by atoms with van der Waals surface area (Å²) in [5.74, 6) is 2.88. The number of carbonyl (C=O) groups excluding carboxylic acids is 3. The molecule has 3 amide bonds. The van der Waals surface area contributed by atoms with Gasteiger partial charge >= 0.3 is 6.09 Å². The number of benzene rings is 2. The lowest BCUT2D eigenvalue weighted by Crippen LogP contribution is -2.51. The largest absolute Gasteiger partial charge is 0.489 e. The molecule has 2 aliphatic heterocycles. The Bertz CT molecular complexity index is 1820. The molecule has 0 radical (unpaired) electrons. The maximum atomic E-state index is 13.5. The quantitative estimate of drug-likeness (QED) is 0.176. The van der Waals surface area contributed by atoms with Crippen molar-refractivity contribution in [3.05, 3.63) is 59.7 Å². The maximum absolute atomic E-state index is 13.5. The zero-order valence-corrected chi connectivity index (χ0v) is 29.7. The average molecular weight is 685 g/mol.